The zero-order valence-corrected chi connectivity index (χ0v) is 19.6. The smallest absolute Gasteiger partial charge is 0.416 e. The van der Waals surface area contributed by atoms with Crippen LogP contribution in [0, 0.1) is 0 Å². The van der Waals surface area contributed by atoms with Gasteiger partial charge in [-0.2, -0.15) is 13.2 Å². The third kappa shape index (κ3) is 5.28. The fourth-order valence-electron chi connectivity index (χ4n) is 3.48. The van der Waals surface area contributed by atoms with E-state index in [1.807, 2.05) is 32.0 Å². The summed E-state index contributed by atoms with van der Waals surface area (Å²) in [5.74, 6) is 0.858. The maximum atomic E-state index is 12.8. The molecule has 0 aliphatic carbocycles. The van der Waals surface area contributed by atoms with Gasteiger partial charge in [0.25, 0.3) is 0 Å². The van der Waals surface area contributed by atoms with Crippen LogP contribution in [0.2, 0.25) is 0 Å². The monoisotopic (exact) mass is 487 g/mol. The SMILES string of the molecule is CC.FC(F)(F)c1ccc(-c2cc(Oc3cccc4sc(N5CCNCC5)nc34)ncn2)cc1. The van der Waals surface area contributed by atoms with E-state index in [2.05, 4.69) is 20.2 Å². The first kappa shape index (κ1) is 23.9. The van der Waals surface area contributed by atoms with Crippen LogP contribution in [-0.4, -0.2) is 41.1 Å². The van der Waals surface area contributed by atoms with Gasteiger partial charge in [-0.1, -0.05) is 43.4 Å². The van der Waals surface area contributed by atoms with Crippen LogP contribution in [0.5, 0.6) is 11.6 Å². The molecule has 0 radical (unpaired) electrons. The number of nitrogens with zero attached hydrogens (tertiary/aromatic N) is 4. The molecule has 2 aromatic heterocycles. The number of rotatable bonds is 4. The summed E-state index contributed by atoms with van der Waals surface area (Å²) in [5.41, 5.74) is 1.05. The molecule has 1 aliphatic heterocycles. The van der Waals surface area contributed by atoms with Gasteiger partial charge in [-0.05, 0) is 24.3 Å². The van der Waals surface area contributed by atoms with E-state index in [9.17, 15) is 13.2 Å². The molecule has 1 fully saturated rings. The molecule has 0 unspecified atom stereocenters. The third-order valence-electron chi connectivity index (χ3n) is 5.12. The molecule has 5 rings (SSSR count). The predicted octanol–water partition coefficient (Wildman–Crippen LogP) is 6.00. The predicted molar refractivity (Wildman–Crippen MR) is 129 cm³/mol. The van der Waals surface area contributed by atoms with Crippen LogP contribution in [0.15, 0.2) is 54.9 Å². The summed E-state index contributed by atoms with van der Waals surface area (Å²) in [7, 11) is 0. The van der Waals surface area contributed by atoms with Gasteiger partial charge in [0.1, 0.15) is 11.8 Å². The highest BCUT2D eigenvalue weighted by atomic mass is 32.1. The van der Waals surface area contributed by atoms with Crippen molar-refractivity contribution in [2.24, 2.45) is 0 Å². The number of halogens is 3. The largest absolute Gasteiger partial charge is 0.437 e. The fourth-order valence-corrected chi connectivity index (χ4v) is 4.52. The molecule has 0 saturated carbocycles. The van der Waals surface area contributed by atoms with E-state index in [0.29, 0.717) is 22.9 Å². The maximum absolute atomic E-state index is 12.8. The second kappa shape index (κ2) is 10.4. The standard InChI is InChI=1S/C22H18F3N5OS.C2H6/c23-22(24,25)15-6-4-14(5-7-15)16-12-19(28-13-27-16)31-17-2-1-3-18-20(17)29-21(32-18)30-10-8-26-9-11-30;1-2/h1-7,12-13,26H,8-11H2;1-2H3. The first-order chi connectivity index (χ1) is 16.5. The number of fused-ring (bicyclic) bond motifs is 1. The second-order valence-corrected chi connectivity index (χ2v) is 8.26. The van der Waals surface area contributed by atoms with Crippen LogP contribution in [0.25, 0.3) is 21.5 Å². The zero-order chi connectivity index (χ0) is 24.1. The van der Waals surface area contributed by atoms with Crippen LogP contribution in [0.4, 0.5) is 18.3 Å². The van der Waals surface area contributed by atoms with E-state index in [1.54, 1.807) is 17.4 Å². The number of anilines is 1. The number of hydrogen-bond acceptors (Lipinski definition) is 7. The van der Waals surface area contributed by atoms with Gasteiger partial charge in [0, 0.05) is 37.8 Å². The molecule has 1 saturated heterocycles. The Kier molecular flexibility index (Phi) is 7.28. The quantitative estimate of drug-likeness (QED) is 0.381. The highest BCUT2D eigenvalue weighted by Crippen LogP contribution is 2.36. The Hall–Kier alpha value is -3.24. The van der Waals surface area contributed by atoms with E-state index in [4.69, 9.17) is 9.72 Å². The first-order valence-electron chi connectivity index (χ1n) is 11.0. The molecule has 0 atom stereocenters. The van der Waals surface area contributed by atoms with Crippen molar-refractivity contribution in [3.05, 3.63) is 60.4 Å². The van der Waals surface area contributed by atoms with Crippen molar-refractivity contribution in [1.82, 2.24) is 20.3 Å². The number of benzene rings is 2. The topological polar surface area (TPSA) is 63.2 Å². The molecule has 10 heteroatoms. The van der Waals surface area contributed by atoms with E-state index in [1.165, 1.54) is 18.5 Å². The van der Waals surface area contributed by atoms with Crippen molar-refractivity contribution in [2.45, 2.75) is 20.0 Å². The Morgan fingerprint density at radius 3 is 2.44 bits per heavy atom. The van der Waals surface area contributed by atoms with E-state index in [-0.39, 0.29) is 0 Å². The van der Waals surface area contributed by atoms with Crippen molar-refractivity contribution in [1.29, 1.82) is 0 Å². The van der Waals surface area contributed by atoms with Gasteiger partial charge in [0.15, 0.2) is 10.9 Å². The minimum atomic E-state index is -4.38. The molecule has 0 spiro atoms. The number of alkyl halides is 3. The lowest BCUT2D eigenvalue weighted by atomic mass is 10.1. The minimum Gasteiger partial charge on any atom is -0.437 e. The lowest BCUT2D eigenvalue weighted by Crippen LogP contribution is -2.43. The number of thiazole rings is 1. The van der Waals surface area contributed by atoms with Crippen LogP contribution >= 0.6 is 11.3 Å². The van der Waals surface area contributed by atoms with E-state index in [0.717, 1.165) is 53.7 Å². The number of hydrogen-bond donors (Lipinski definition) is 1. The molecule has 1 N–H and O–H groups in total. The average Bonchev–Trinajstić information content (AvgIpc) is 3.31. The highest BCUT2D eigenvalue weighted by Gasteiger charge is 2.30. The molecular weight excluding hydrogens is 463 g/mol. The lowest BCUT2D eigenvalue weighted by Gasteiger charge is -2.26. The molecule has 3 heterocycles. The normalized spacial score (nSPS) is 14.0. The summed E-state index contributed by atoms with van der Waals surface area (Å²) in [4.78, 5) is 15.4. The maximum Gasteiger partial charge on any atom is 0.416 e. The Morgan fingerprint density at radius 1 is 1.00 bits per heavy atom. The fraction of sp³-hybridized carbons (Fsp3) is 0.292. The summed E-state index contributed by atoms with van der Waals surface area (Å²) >= 11 is 1.61. The minimum absolute atomic E-state index is 0.291. The van der Waals surface area contributed by atoms with Crippen molar-refractivity contribution >= 4 is 26.7 Å². The van der Waals surface area contributed by atoms with Gasteiger partial charge in [-0.3, -0.25) is 0 Å². The average molecular weight is 488 g/mol. The van der Waals surface area contributed by atoms with Gasteiger partial charge < -0.3 is 15.0 Å². The summed E-state index contributed by atoms with van der Waals surface area (Å²) in [5, 5.41) is 4.28. The molecule has 0 bridgehead atoms. The van der Waals surface area contributed by atoms with E-state index < -0.39 is 11.7 Å². The Bertz CT molecular complexity index is 1240. The van der Waals surface area contributed by atoms with Crippen LogP contribution in [0.1, 0.15) is 19.4 Å². The first-order valence-corrected chi connectivity index (χ1v) is 11.8. The molecular formula is C24H24F3N5OS. The third-order valence-corrected chi connectivity index (χ3v) is 6.20. The van der Waals surface area contributed by atoms with Gasteiger partial charge in [-0.15, -0.1) is 0 Å². The van der Waals surface area contributed by atoms with Crippen molar-refractivity contribution < 1.29 is 17.9 Å². The molecule has 6 nitrogen and oxygen atoms in total. The van der Waals surface area contributed by atoms with Gasteiger partial charge in [0.2, 0.25) is 5.88 Å². The Morgan fingerprint density at radius 2 is 1.74 bits per heavy atom. The number of aromatic nitrogens is 3. The molecule has 178 valence electrons. The molecule has 1 aliphatic rings. The molecule has 0 amide bonds. The number of para-hydroxylation sites is 1. The molecule has 34 heavy (non-hydrogen) atoms. The summed E-state index contributed by atoms with van der Waals surface area (Å²) in [6.07, 6.45) is -3.05. The number of nitrogens with one attached hydrogen (secondary N) is 1. The Labute approximate surface area is 199 Å². The van der Waals surface area contributed by atoms with Gasteiger partial charge in [0.05, 0.1) is 16.0 Å². The van der Waals surface area contributed by atoms with Gasteiger partial charge in [-0.25, -0.2) is 15.0 Å². The second-order valence-electron chi connectivity index (χ2n) is 7.26. The van der Waals surface area contributed by atoms with Crippen LogP contribution in [0.3, 0.4) is 0 Å². The number of piperazine rings is 1. The summed E-state index contributed by atoms with van der Waals surface area (Å²) < 4.78 is 45.5. The Balaban J connectivity index is 0.00000133. The summed E-state index contributed by atoms with van der Waals surface area (Å²) in [6.45, 7) is 7.65. The summed E-state index contributed by atoms with van der Waals surface area (Å²) in [6, 6.07) is 12.2. The van der Waals surface area contributed by atoms with Crippen molar-refractivity contribution in [3.63, 3.8) is 0 Å². The number of ether oxygens (including phenoxy) is 1. The molecule has 4 aromatic rings. The lowest BCUT2D eigenvalue weighted by molar-refractivity contribution is -0.137. The van der Waals surface area contributed by atoms with Crippen molar-refractivity contribution in [3.8, 4) is 22.9 Å². The highest BCUT2D eigenvalue weighted by molar-refractivity contribution is 7.22. The van der Waals surface area contributed by atoms with Crippen LogP contribution in [-0.2, 0) is 6.18 Å². The van der Waals surface area contributed by atoms with Crippen molar-refractivity contribution in [2.75, 3.05) is 31.1 Å². The zero-order valence-electron chi connectivity index (χ0n) is 18.8. The van der Waals surface area contributed by atoms with Crippen LogP contribution < -0.4 is 15.0 Å². The van der Waals surface area contributed by atoms with E-state index >= 15 is 0 Å². The van der Waals surface area contributed by atoms with Gasteiger partial charge >= 0.3 is 6.18 Å². The molecule has 2 aromatic carbocycles.